The number of hydrogen-bond acceptors (Lipinski definition) is 4. The minimum atomic E-state index is -1.03. The molecule has 162 valence electrons. The van der Waals surface area contributed by atoms with Crippen molar-refractivity contribution in [1.82, 2.24) is 9.80 Å². The lowest BCUT2D eigenvalue weighted by Crippen LogP contribution is -2.42. The first-order valence-electron chi connectivity index (χ1n) is 10.8. The van der Waals surface area contributed by atoms with Gasteiger partial charge in [-0.05, 0) is 83.1 Å². The number of likely N-dealkylation sites (tertiary alicyclic amines) is 1. The van der Waals surface area contributed by atoms with E-state index < -0.39 is 17.7 Å². The van der Waals surface area contributed by atoms with Crippen molar-refractivity contribution in [2.45, 2.75) is 63.5 Å². The zero-order chi connectivity index (χ0) is 20.6. The summed E-state index contributed by atoms with van der Waals surface area (Å²) in [7, 11) is 1.69. The van der Waals surface area contributed by atoms with Gasteiger partial charge in [0.05, 0.1) is 6.10 Å². The summed E-state index contributed by atoms with van der Waals surface area (Å²) in [5, 5.41) is 0. The number of hydrogen-bond donors (Lipinski definition) is 0. The summed E-state index contributed by atoms with van der Waals surface area (Å²) in [6.07, 6.45) is 8.19. The fraction of sp³-hybridized carbons (Fsp3) is 0.682. The second-order valence-corrected chi connectivity index (χ2v) is 8.11. The van der Waals surface area contributed by atoms with E-state index in [9.17, 15) is 13.6 Å². The lowest BCUT2D eigenvalue weighted by Gasteiger charge is -2.34. The smallest absolute Gasteiger partial charge is 0.410 e. The van der Waals surface area contributed by atoms with Crippen LogP contribution in [-0.4, -0.2) is 61.3 Å². The highest BCUT2D eigenvalue weighted by Crippen LogP contribution is 2.26. The number of carbonyl (C=O) groups is 1. The highest BCUT2D eigenvalue weighted by Gasteiger charge is 2.28. The van der Waals surface area contributed by atoms with Crippen molar-refractivity contribution in [1.29, 1.82) is 0 Å². The van der Waals surface area contributed by atoms with Gasteiger partial charge in [-0.15, -0.1) is 0 Å². The van der Waals surface area contributed by atoms with Gasteiger partial charge in [0.25, 0.3) is 0 Å². The predicted molar refractivity (Wildman–Crippen MR) is 107 cm³/mol. The molecule has 0 N–H and O–H groups in total. The van der Waals surface area contributed by atoms with Crippen LogP contribution in [0.15, 0.2) is 18.2 Å². The van der Waals surface area contributed by atoms with Gasteiger partial charge in [0.2, 0.25) is 0 Å². The van der Waals surface area contributed by atoms with Crippen molar-refractivity contribution in [3.63, 3.8) is 0 Å². The molecule has 2 fully saturated rings. The first-order valence-corrected chi connectivity index (χ1v) is 10.8. The lowest BCUT2D eigenvalue weighted by molar-refractivity contribution is 0.0101. The molecule has 3 rings (SSSR count). The van der Waals surface area contributed by atoms with E-state index in [1.807, 2.05) is 0 Å². The lowest BCUT2D eigenvalue weighted by atomic mass is 9.92. The molecule has 1 amide bonds. The molecular formula is C22H32F2N2O3. The van der Waals surface area contributed by atoms with Crippen molar-refractivity contribution in [2.24, 2.45) is 0 Å². The summed E-state index contributed by atoms with van der Waals surface area (Å²) >= 11 is 0. The maximum atomic E-state index is 13.3. The first-order chi connectivity index (χ1) is 14.0. The van der Waals surface area contributed by atoms with Crippen molar-refractivity contribution in [3.05, 3.63) is 29.8 Å². The zero-order valence-corrected chi connectivity index (χ0v) is 17.2. The van der Waals surface area contributed by atoms with Gasteiger partial charge in [0.1, 0.15) is 5.75 Å². The van der Waals surface area contributed by atoms with Crippen LogP contribution in [0.1, 0.15) is 51.4 Å². The summed E-state index contributed by atoms with van der Waals surface area (Å²) < 4.78 is 37.4. The van der Waals surface area contributed by atoms with Gasteiger partial charge in [-0.3, -0.25) is 0 Å². The standard InChI is InChI=1S/C22H32F2N2O3/c1-25(22(27)29-19-10-11-20(23)21(24)16-19)17-6-8-18(9-7-17)28-15-5-4-14-26-12-2-3-13-26/h10-11,16-18H,2-9,12-15H2,1H3. The molecule has 0 unspecified atom stereocenters. The van der Waals surface area contributed by atoms with E-state index in [0.717, 1.165) is 50.8 Å². The monoisotopic (exact) mass is 410 g/mol. The van der Waals surface area contributed by atoms with Gasteiger partial charge in [-0.2, -0.15) is 0 Å². The van der Waals surface area contributed by atoms with Gasteiger partial charge in [0.15, 0.2) is 11.6 Å². The molecule has 1 aliphatic carbocycles. The number of halogens is 2. The van der Waals surface area contributed by atoms with Crippen LogP contribution in [0.4, 0.5) is 13.6 Å². The molecule has 0 bridgehead atoms. The maximum absolute atomic E-state index is 13.3. The quantitative estimate of drug-likeness (QED) is 0.588. The molecule has 0 aromatic heterocycles. The summed E-state index contributed by atoms with van der Waals surface area (Å²) in [5.41, 5.74) is 0. The third-order valence-corrected chi connectivity index (χ3v) is 6.00. The Hall–Kier alpha value is -1.73. The van der Waals surface area contributed by atoms with E-state index in [2.05, 4.69) is 4.90 Å². The van der Waals surface area contributed by atoms with E-state index in [-0.39, 0.29) is 17.9 Å². The van der Waals surface area contributed by atoms with Crippen LogP contribution in [-0.2, 0) is 4.74 Å². The van der Waals surface area contributed by atoms with Gasteiger partial charge < -0.3 is 19.3 Å². The van der Waals surface area contributed by atoms with Crippen molar-refractivity contribution < 1.29 is 23.0 Å². The molecule has 0 radical (unpaired) electrons. The molecule has 7 heteroatoms. The van der Waals surface area contributed by atoms with Crippen molar-refractivity contribution in [2.75, 3.05) is 33.3 Å². The molecule has 1 saturated heterocycles. The molecule has 1 aromatic carbocycles. The minimum Gasteiger partial charge on any atom is -0.410 e. The fourth-order valence-corrected chi connectivity index (χ4v) is 4.16. The summed E-state index contributed by atoms with van der Waals surface area (Å²) in [4.78, 5) is 16.4. The van der Waals surface area contributed by atoms with E-state index in [0.29, 0.717) is 0 Å². The van der Waals surface area contributed by atoms with Gasteiger partial charge in [-0.25, -0.2) is 13.6 Å². The molecule has 2 aliphatic rings. The fourth-order valence-electron chi connectivity index (χ4n) is 4.16. The Labute approximate surface area is 171 Å². The highest BCUT2D eigenvalue weighted by atomic mass is 19.2. The first kappa shape index (κ1) is 22.0. The van der Waals surface area contributed by atoms with Crippen LogP contribution >= 0.6 is 0 Å². The Morgan fingerprint density at radius 3 is 2.52 bits per heavy atom. The summed E-state index contributed by atoms with van der Waals surface area (Å²) in [5.74, 6) is -1.99. The van der Waals surface area contributed by atoms with Crippen LogP contribution in [0.3, 0.4) is 0 Å². The minimum absolute atomic E-state index is 0.00620. The number of benzene rings is 1. The number of amides is 1. The Morgan fingerprint density at radius 1 is 1.10 bits per heavy atom. The number of nitrogens with zero attached hydrogens (tertiary/aromatic N) is 2. The molecule has 1 aliphatic heterocycles. The molecular weight excluding hydrogens is 378 g/mol. The molecule has 5 nitrogen and oxygen atoms in total. The van der Waals surface area contributed by atoms with Gasteiger partial charge in [0, 0.05) is 25.8 Å². The Kier molecular flexibility index (Phi) is 8.24. The number of rotatable bonds is 8. The predicted octanol–water partition coefficient (Wildman–Crippen LogP) is 4.60. The highest BCUT2D eigenvalue weighted by molar-refractivity contribution is 5.70. The van der Waals surface area contributed by atoms with Gasteiger partial charge in [-0.1, -0.05) is 0 Å². The van der Waals surface area contributed by atoms with Crippen LogP contribution in [0.5, 0.6) is 5.75 Å². The normalized spacial score (nSPS) is 22.6. The van der Waals surface area contributed by atoms with Gasteiger partial charge >= 0.3 is 6.09 Å². The van der Waals surface area contributed by atoms with Crippen molar-refractivity contribution in [3.8, 4) is 5.75 Å². The zero-order valence-electron chi connectivity index (χ0n) is 17.2. The molecule has 1 heterocycles. The number of carbonyl (C=O) groups excluding carboxylic acids is 1. The number of ether oxygens (including phenoxy) is 2. The summed E-state index contributed by atoms with van der Waals surface area (Å²) in [6, 6.07) is 3.16. The topological polar surface area (TPSA) is 42.0 Å². The average molecular weight is 411 g/mol. The van der Waals surface area contributed by atoms with Crippen molar-refractivity contribution >= 4 is 6.09 Å². The Morgan fingerprint density at radius 2 is 1.83 bits per heavy atom. The SMILES string of the molecule is CN(C(=O)Oc1ccc(F)c(F)c1)C1CCC(OCCCCN2CCCC2)CC1. The molecule has 1 saturated carbocycles. The molecule has 1 aromatic rings. The second-order valence-electron chi connectivity index (χ2n) is 8.11. The van der Waals surface area contributed by atoms with E-state index in [4.69, 9.17) is 9.47 Å². The molecule has 0 atom stereocenters. The second kappa shape index (κ2) is 10.9. The van der Waals surface area contributed by atoms with Crippen LogP contribution in [0.25, 0.3) is 0 Å². The van der Waals surface area contributed by atoms with Crippen LogP contribution in [0.2, 0.25) is 0 Å². The molecule has 29 heavy (non-hydrogen) atoms. The third kappa shape index (κ3) is 6.64. The van der Waals surface area contributed by atoms with E-state index in [1.165, 1.54) is 45.0 Å². The Bertz CT molecular complexity index is 659. The van der Waals surface area contributed by atoms with Crippen LogP contribution < -0.4 is 4.74 Å². The number of unbranched alkanes of at least 4 members (excludes halogenated alkanes) is 1. The Balaban J connectivity index is 1.31. The van der Waals surface area contributed by atoms with Crippen LogP contribution in [0, 0.1) is 11.6 Å². The third-order valence-electron chi connectivity index (χ3n) is 6.00. The molecule has 0 spiro atoms. The maximum Gasteiger partial charge on any atom is 0.415 e. The van der Waals surface area contributed by atoms with E-state index >= 15 is 0 Å². The summed E-state index contributed by atoms with van der Waals surface area (Å²) in [6.45, 7) is 4.48. The van der Waals surface area contributed by atoms with E-state index in [1.54, 1.807) is 11.9 Å². The average Bonchev–Trinajstić information content (AvgIpc) is 3.24. The largest absolute Gasteiger partial charge is 0.415 e.